The summed E-state index contributed by atoms with van der Waals surface area (Å²) in [5.41, 5.74) is 1.35. The van der Waals surface area contributed by atoms with E-state index in [-0.39, 0.29) is 5.41 Å². The molecule has 0 aliphatic heterocycles. The first-order valence-electron chi connectivity index (χ1n) is 9.07. The normalized spacial score (nSPS) is 44.0. The van der Waals surface area contributed by atoms with Gasteiger partial charge in [-0.25, -0.2) is 0 Å². The molecular weight excluding hydrogens is 272 g/mol. The molecule has 2 nitrogen and oxygen atoms in total. The molecule has 0 radical (unpaired) electrons. The molecule has 0 aromatic carbocycles. The van der Waals surface area contributed by atoms with Crippen LogP contribution in [-0.4, -0.2) is 11.6 Å². The number of rotatable bonds is 1. The summed E-state index contributed by atoms with van der Waals surface area (Å²) >= 11 is 0. The molecule has 118 valence electrons. The van der Waals surface area contributed by atoms with Gasteiger partial charge >= 0.3 is 0 Å². The minimum Gasteiger partial charge on any atom is -0.299 e. The van der Waals surface area contributed by atoms with E-state index >= 15 is 0 Å². The van der Waals surface area contributed by atoms with Gasteiger partial charge in [0.2, 0.25) is 0 Å². The minimum absolute atomic E-state index is 0.0776. The van der Waals surface area contributed by atoms with Crippen LogP contribution in [0.5, 0.6) is 0 Å². The van der Waals surface area contributed by atoms with Crippen molar-refractivity contribution in [3.8, 4) is 0 Å². The monoisotopic (exact) mass is 298 g/mol. The maximum Gasteiger partial charge on any atom is 0.161 e. The third-order valence-corrected chi connectivity index (χ3v) is 7.26. The van der Waals surface area contributed by atoms with Crippen molar-refractivity contribution in [2.24, 2.45) is 29.1 Å². The molecule has 22 heavy (non-hydrogen) atoms. The zero-order chi connectivity index (χ0) is 15.3. The van der Waals surface area contributed by atoms with Gasteiger partial charge in [0, 0.05) is 18.3 Å². The van der Waals surface area contributed by atoms with E-state index in [4.69, 9.17) is 0 Å². The maximum absolute atomic E-state index is 12.6. The van der Waals surface area contributed by atoms with E-state index in [2.05, 4.69) is 19.1 Å². The Bertz CT molecular complexity index is 570. The van der Waals surface area contributed by atoms with Crippen LogP contribution < -0.4 is 0 Å². The van der Waals surface area contributed by atoms with Crippen LogP contribution in [0.25, 0.3) is 0 Å². The van der Waals surface area contributed by atoms with E-state index in [1.807, 2.05) is 6.08 Å². The maximum atomic E-state index is 12.6. The molecule has 0 spiro atoms. The van der Waals surface area contributed by atoms with Crippen LogP contribution >= 0.6 is 0 Å². The van der Waals surface area contributed by atoms with Crippen LogP contribution in [0, 0.1) is 29.1 Å². The van der Waals surface area contributed by atoms with E-state index in [0.29, 0.717) is 35.7 Å². The van der Waals surface area contributed by atoms with Crippen molar-refractivity contribution in [1.82, 2.24) is 0 Å². The number of Topliss-reactive ketones (excluding diaryl/α,β-unsaturated/α-hetero) is 1. The van der Waals surface area contributed by atoms with Crippen molar-refractivity contribution in [3.05, 3.63) is 23.8 Å². The van der Waals surface area contributed by atoms with Gasteiger partial charge in [-0.3, -0.25) is 9.59 Å². The number of hydrogen-bond acceptors (Lipinski definition) is 2. The van der Waals surface area contributed by atoms with Crippen LogP contribution in [0.15, 0.2) is 23.8 Å². The lowest BCUT2D eigenvalue weighted by atomic mass is 9.48. The Morgan fingerprint density at radius 3 is 2.86 bits per heavy atom. The van der Waals surface area contributed by atoms with Gasteiger partial charge in [-0.2, -0.15) is 0 Å². The van der Waals surface area contributed by atoms with Crippen molar-refractivity contribution < 1.29 is 9.59 Å². The van der Waals surface area contributed by atoms with Gasteiger partial charge in [-0.15, -0.1) is 0 Å². The van der Waals surface area contributed by atoms with E-state index in [9.17, 15) is 9.59 Å². The summed E-state index contributed by atoms with van der Waals surface area (Å²) in [6.45, 7) is 2.20. The average Bonchev–Trinajstić information content (AvgIpc) is 2.54. The summed E-state index contributed by atoms with van der Waals surface area (Å²) in [4.78, 5) is 24.4. The molecule has 2 fully saturated rings. The predicted octanol–water partition coefficient (Wildman–Crippen LogP) is 4.25. The van der Waals surface area contributed by atoms with Gasteiger partial charge in [0.25, 0.3) is 0 Å². The first-order chi connectivity index (χ1) is 10.7. The molecule has 2 saturated carbocycles. The molecule has 0 N–H and O–H groups in total. The van der Waals surface area contributed by atoms with Crippen molar-refractivity contribution in [1.29, 1.82) is 0 Å². The second-order valence-electron chi connectivity index (χ2n) is 7.86. The van der Waals surface area contributed by atoms with Crippen LogP contribution in [0.3, 0.4) is 0 Å². The lowest BCUT2D eigenvalue weighted by Crippen LogP contribution is -2.51. The Kier molecular flexibility index (Phi) is 3.39. The predicted molar refractivity (Wildman–Crippen MR) is 86.2 cm³/mol. The van der Waals surface area contributed by atoms with E-state index in [1.54, 1.807) is 0 Å². The van der Waals surface area contributed by atoms with Crippen LogP contribution in [-0.2, 0) is 9.59 Å². The Balaban J connectivity index is 1.68. The quantitative estimate of drug-likeness (QED) is 0.678. The van der Waals surface area contributed by atoms with Gasteiger partial charge in [0.15, 0.2) is 5.78 Å². The summed E-state index contributed by atoms with van der Waals surface area (Å²) in [7, 11) is 0. The third-order valence-electron chi connectivity index (χ3n) is 7.26. The number of carbonyl (C=O) groups excluding carboxylic acids is 2. The number of carbonyl (C=O) groups is 2. The van der Waals surface area contributed by atoms with Crippen LogP contribution in [0.4, 0.5) is 0 Å². The zero-order valence-electron chi connectivity index (χ0n) is 13.5. The van der Waals surface area contributed by atoms with E-state index in [0.717, 1.165) is 44.4 Å². The zero-order valence-corrected chi connectivity index (χ0v) is 13.5. The molecule has 5 unspecified atom stereocenters. The molecular formula is C20H26O2. The number of fused-ring (bicyclic) bond motifs is 5. The molecule has 5 atom stereocenters. The van der Waals surface area contributed by atoms with Crippen molar-refractivity contribution in [2.75, 3.05) is 0 Å². The van der Waals surface area contributed by atoms with Crippen molar-refractivity contribution >= 4 is 11.6 Å². The minimum atomic E-state index is -0.0776. The molecule has 2 heteroatoms. The molecule has 0 saturated heterocycles. The van der Waals surface area contributed by atoms with Gasteiger partial charge in [0.05, 0.1) is 0 Å². The number of allylic oxidation sites excluding steroid dienone is 4. The highest BCUT2D eigenvalue weighted by Gasteiger charge is 2.54. The fourth-order valence-corrected chi connectivity index (χ4v) is 6.13. The molecule has 0 amide bonds. The first kappa shape index (κ1) is 14.4. The first-order valence-corrected chi connectivity index (χ1v) is 9.07. The summed E-state index contributed by atoms with van der Waals surface area (Å²) in [5, 5.41) is 0. The Hall–Kier alpha value is -1.18. The molecule has 4 rings (SSSR count). The van der Waals surface area contributed by atoms with Gasteiger partial charge in [-0.1, -0.05) is 24.6 Å². The number of ketones is 2. The third kappa shape index (κ3) is 1.92. The lowest BCUT2D eigenvalue weighted by Gasteiger charge is -2.55. The highest BCUT2D eigenvalue weighted by atomic mass is 16.1. The summed E-state index contributed by atoms with van der Waals surface area (Å²) in [6.07, 6.45) is 14.3. The van der Waals surface area contributed by atoms with Crippen LogP contribution in [0.2, 0.25) is 0 Å². The fraction of sp³-hybridized carbons (Fsp3) is 0.700. The lowest BCUT2D eigenvalue weighted by molar-refractivity contribution is -0.136. The Morgan fingerprint density at radius 2 is 2.05 bits per heavy atom. The van der Waals surface area contributed by atoms with Gasteiger partial charge in [0.1, 0.15) is 5.78 Å². The molecule has 0 aromatic heterocycles. The molecule has 0 bridgehead atoms. The van der Waals surface area contributed by atoms with E-state index < -0.39 is 0 Å². The molecule has 4 aliphatic carbocycles. The average molecular weight is 298 g/mol. The van der Waals surface area contributed by atoms with Crippen LogP contribution in [0.1, 0.15) is 58.3 Å². The van der Waals surface area contributed by atoms with E-state index in [1.165, 1.54) is 12.0 Å². The largest absolute Gasteiger partial charge is 0.299 e. The van der Waals surface area contributed by atoms with Crippen molar-refractivity contribution in [3.63, 3.8) is 0 Å². The molecule has 4 aliphatic rings. The van der Waals surface area contributed by atoms with Crippen molar-refractivity contribution in [2.45, 2.75) is 58.3 Å². The molecule has 0 heterocycles. The number of hydrogen-bond donors (Lipinski definition) is 0. The standard InChI is InChI=1S/C20H26O2/c1-2-20-11-10-16-15-9-7-14(21)12-13(15)6-8-17(16)18(20)4-3-5-19(20)22/h3,5-6,15-18H,2,4,7-12H2,1H3. The highest BCUT2D eigenvalue weighted by molar-refractivity contribution is 5.96. The smallest absolute Gasteiger partial charge is 0.161 e. The second kappa shape index (κ2) is 5.18. The SMILES string of the molecule is CCC12CCC3C4CCC(=O)CC4=CCC3C1CC=CC2=O. The fourth-order valence-electron chi connectivity index (χ4n) is 6.13. The molecule has 0 aromatic rings. The Morgan fingerprint density at radius 1 is 1.18 bits per heavy atom. The highest BCUT2D eigenvalue weighted by Crippen LogP contribution is 2.59. The topological polar surface area (TPSA) is 34.1 Å². The van der Waals surface area contributed by atoms with Gasteiger partial charge < -0.3 is 0 Å². The summed E-state index contributed by atoms with van der Waals surface area (Å²) in [5.74, 6) is 3.35. The summed E-state index contributed by atoms with van der Waals surface area (Å²) < 4.78 is 0. The second-order valence-corrected chi connectivity index (χ2v) is 7.86. The Labute approximate surface area is 133 Å². The summed E-state index contributed by atoms with van der Waals surface area (Å²) in [6, 6.07) is 0. The van der Waals surface area contributed by atoms with Gasteiger partial charge in [-0.05, 0) is 68.3 Å².